The van der Waals surface area contributed by atoms with E-state index >= 15 is 0 Å². The number of anilines is 2. The number of thioether (sulfide) groups is 1. The zero-order valence-electron chi connectivity index (χ0n) is 8.65. The largest absolute Gasteiger partial charge is 0.467 e. The monoisotopic (exact) mass is 230 g/mol. The lowest BCUT2D eigenvalue weighted by Crippen LogP contribution is -2.15. The molecule has 7 nitrogen and oxygen atoms in total. The molecule has 0 aromatic carbocycles. The molecule has 0 saturated carbocycles. The average Bonchev–Trinajstić information content (AvgIpc) is 2.29. The number of nitrogens with zero attached hydrogens (tertiary/aromatic N) is 3. The lowest BCUT2D eigenvalue weighted by molar-refractivity contribution is 0.379. The number of hydrazine groups is 1. The molecule has 1 heterocycles. The summed E-state index contributed by atoms with van der Waals surface area (Å²) in [5.74, 6) is 6.90. The van der Waals surface area contributed by atoms with Gasteiger partial charge in [-0.2, -0.15) is 26.7 Å². The Morgan fingerprint density at radius 1 is 1.33 bits per heavy atom. The summed E-state index contributed by atoms with van der Waals surface area (Å²) in [7, 11) is 1.49. The van der Waals surface area contributed by atoms with Crippen LogP contribution < -0.4 is 21.3 Å². The van der Waals surface area contributed by atoms with Crippen molar-refractivity contribution in [1.82, 2.24) is 15.0 Å². The fourth-order valence-corrected chi connectivity index (χ4v) is 1.16. The molecule has 0 aliphatic carbocycles. The molecule has 0 radical (unpaired) electrons. The van der Waals surface area contributed by atoms with Gasteiger partial charge >= 0.3 is 6.01 Å². The van der Waals surface area contributed by atoms with E-state index in [0.717, 1.165) is 12.3 Å². The number of hydrogen-bond acceptors (Lipinski definition) is 8. The average molecular weight is 230 g/mol. The normalized spacial score (nSPS) is 9.80. The molecule has 0 unspecified atom stereocenters. The minimum Gasteiger partial charge on any atom is -0.467 e. The first kappa shape index (κ1) is 11.8. The van der Waals surface area contributed by atoms with E-state index in [1.54, 1.807) is 11.8 Å². The molecule has 0 saturated heterocycles. The summed E-state index contributed by atoms with van der Waals surface area (Å²) >= 11 is 1.74. The van der Waals surface area contributed by atoms with Crippen LogP contribution in [0.5, 0.6) is 6.01 Å². The smallest absolute Gasteiger partial charge is 0.322 e. The zero-order valence-corrected chi connectivity index (χ0v) is 9.47. The van der Waals surface area contributed by atoms with Gasteiger partial charge < -0.3 is 10.1 Å². The SMILES string of the molecule is COc1nc(NN)nc(NCCSC)n1. The van der Waals surface area contributed by atoms with Crippen molar-refractivity contribution in [3.63, 3.8) is 0 Å². The number of nitrogens with one attached hydrogen (secondary N) is 2. The molecule has 1 aromatic rings. The number of rotatable bonds is 6. The molecule has 15 heavy (non-hydrogen) atoms. The first-order chi connectivity index (χ1) is 7.30. The summed E-state index contributed by atoms with van der Waals surface area (Å²) in [6.45, 7) is 0.776. The van der Waals surface area contributed by atoms with Crippen LogP contribution in [0.25, 0.3) is 0 Å². The highest BCUT2D eigenvalue weighted by atomic mass is 32.2. The molecule has 1 aromatic heterocycles. The van der Waals surface area contributed by atoms with E-state index in [4.69, 9.17) is 10.6 Å². The maximum atomic E-state index is 5.21. The summed E-state index contributed by atoms with van der Waals surface area (Å²) in [4.78, 5) is 11.9. The third-order valence-corrected chi connectivity index (χ3v) is 2.13. The Bertz CT molecular complexity index is 287. The summed E-state index contributed by atoms with van der Waals surface area (Å²) in [6, 6.07) is 0.226. The van der Waals surface area contributed by atoms with Gasteiger partial charge in [-0.3, -0.25) is 5.43 Å². The lowest BCUT2D eigenvalue weighted by Gasteiger charge is -2.06. The van der Waals surface area contributed by atoms with Gasteiger partial charge in [0.15, 0.2) is 0 Å². The molecule has 1 rings (SSSR count). The molecule has 0 aliphatic rings. The quantitative estimate of drug-likeness (QED) is 0.355. The third-order valence-electron chi connectivity index (χ3n) is 1.52. The summed E-state index contributed by atoms with van der Waals surface area (Å²) < 4.78 is 4.90. The van der Waals surface area contributed by atoms with Gasteiger partial charge in [0.1, 0.15) is 0 Å². The van der Waals surface area contributed by atoms with Crippen LogP contribution >= 0.6 is 11.8 Å². The fraction of sp³-hybridized carbons (Fsp3) is 0.571. The molecule has 8 heteroatoms. The van der Waals surface area contributed by atoms with E-state index in [1.165, 1.54) is 7.11 Å². The van der Waals surface area contributed by atoms with Crippen molar-refractivity contribution in [2.24, 2.45) is 5.84 Å². The highest BCUT2D eigenvalue weighted by molar-refractivity contribution is 7.98. The Morgan fingerprint density at radius 3 is 2.67 bits per heavy atom. The summed E-state index contributed by atoms with van der Waals surface area (Å²) in [5, 5.41) is 3.04. The van der Waals surface area contributed by atoms with Gasteiger partial charge in [0.25, 0.3) is 0 Å². The van der Waals surface area contributed by atoms with E-state index in [1.807, 2.05) is 6.26 Å². The standard InChI is InChI=1S/C7H14N6OS/c1-14-7-11-5(9-3-4-15-2)10-6(12-7)13-8/h3-4,8H2,1-2H3,(H2,9,10,11,12,13). The molecule has 84 valence electrons. The maximum Gasteiger partial charge on any atom is 0.322 e. The van der Waals surface area contributed by atoms with Crippen LogP contribution in [0.15, 0.2) is 0 Å². The Hall–Kier alpha value is -1.28. The summed E-state index contributed by atoms with van der Waals surface area (Å²) in [5.41, 5.74) is 2.35. The van der Waals surface area contributed by atoms with Crippen molar-refractivity contribution >= 4 is 23.7 Å². The van der Waals surface area contributed by atoms with Gasteiger partial charge in [-0.05, 0) is 6.26 Å². The topological polar surface area (TPSA) is 98.0 Å². The van der Waals surface area contributed by atoms with Crippen molar-refractivity contribution in [3.8, 4) is 6.01 Å². The summed E-state index contributed by atoms with van der Waals surface area (Å²) in [6.07, 6.45) is 2.03. The second-order valence-corrected chi connectivity index (χ2v) is 3.52. The van der Waals surface area contributed by atoms with Crippen LogP contribution in [-0.2, 0) is 0 Å². The van der Waals surface area contributed by atoms with Crippen LogP contribution in [0.2, 0.25) is 0 Å². The Balaban J connectivity index is 2.68. The highest BCUT2D eigenvalue weighted by Crippen LogP contribution is 2.09. The zero-order chi connectivity index (χ0) is 11.1. The lowest BCUT2D eigenvalue weighted by atomic mass is 10.7. The number of aromatic nitrogens is 3. The number of nitrogen functional groups attached to an aromatic ring is 1. The maximum absolute atomic E-state index is 5.21. The predicted molar refractivity (Wildman–Crippen MR) is 61.1 cm³/mol. The molecular formula is C7H14N6OS. The third kappa shape index (κ3) is 3.76. The Morgan fingerprint density at radius 2 is 2.07 bits per heavy atom. The van der Waals surface area contributed by atoms with E-state index in [9.17, 15) is 0 Å². The van der Waals surface area contributed by atoms with Crippen LogP contribution in [0.4, 0.5) is 11.9 Å². The second kappa shape index (κ2) is 6.25. The van der Waals surface area contributed by atoms with Crippen molar-refractivity contribution in [2.45, 2.75) is 0 Å². The molecule has 0 atom stereocenters. The molecule has 0 spiro atoms. The number of hydrogen-bond donors (Lipinski definition) is 3. The minimum absolute atomic E-state index is 0.226. The fourth-order valence-electron chi connectivity index (χ4n) is 0.856. The van der Waals surface area contributed by atoms with Crippen molar-refractivity contribution in [2.75, 3.05) is 36.4 Å². The van der Waals surface area contributed by atoms with Crippen LogP contribution in [0, 0.1) is 0 Å². The first-order valence-electron chi connectivity index (χ1n) is 4.29. The van der Waals surface area contributed by atoms with Crippen molar-refractivity contribution < 1.29 is 4.74 Å². The Labute approximate surface area is 92.2 Å². The minimum atomic E-state index is 0.226. The molecule has 0 aliphatic heterocycles. The second-order valence-electron chi connectivity index (χ2n) is 2.53. The van der Waals surface area contributed by atoms with E-state index < -0.39 is 0 Å². The van der Waals surface area contributed by atoms with Crippen molar-refractivity contribution in [1.29, 1.82) is 0 Å². The van der Waals surface area contributed by atoms with Crippen molar-refractivity contribution in [3.05, 3.63) is 0 Å². The molecule has 4 N–H and O–H groups in total. The van der Waals surface area contributed by atoms with Crippen LogP contribution in [0.3, 0.4) is 0 Å². The van der Waals surface area contributed by atoms with E-state index in [-0.39, 0.29) is 12.0 Å². The predicted octanol–water partition coefficient (Wildman–Crippen LogP) is -0.0593. The van der Waals surface area contributed by atoms with Gasteiger partial charge in [-0.1, -0.05) is 0 Å². The first-order valence-corrected chi connectivity index (χ1v) is 5.69. The Kier molecular flexibility index (Phi) is 4.91. The van der Waals surface area contributed by atoms with Gasteiger partial charge in [0, 0.05) is 12.3 Å². The van der Waals surface area contributed by atoms with E-state index in [0.29, 0.717) is 5.95 Å². The molecule has 0 fully saturated rings. The number of methoxy groups -OCH3 is 1. The molecule has 0 amide bonds. The van der Waals surface area contributed by atoms with Gasteiger partial charge in [-0.25, -0.2) is 5.84 Å². The van der Waals surface area contributed by atoms with Gasteiger partial charge in [0.2, 0.25) is 11.9 Å². The highest BCUT2D eigenvalue weighted by Gasteiger charge is 2.04. The van der Waals surface area contributed by atoms with E-state index in [2.05, 4.69) is 25.7 Å². The van der Waals surface area contributed by atoms with Crippen LogP contribution in [-0.4, -0.2) is 40.6 Å². The number of ether oxygens (including phenoxy) is 1. The molecular weight excluding hydrogens is 216 g/mol. The number of nitrogens with two attached hydrogens (primary N) is 1. The van der Waals surface area contributed by atoms with Gasteiger partial charge in [-0.15, -0.1) is 0 Å². The van der Waals surface area contributed by atoms with Gasteiger partial charge in [0.05, 0.1) is 7.11 Å². The van der Waals surface area contributed by atoms with Crippen LogP contribution in [0.1, 0.15) is 0 Å². The molecule has 0 bridgehead atoms.